The zero-order valence-corrected chi connectivity index (χ0v) is 14.6. The standard InChI is InChI=1S/C20H23FN2O2/c1-15-4-3-5-18(14-15)22-10-12-23(13-11-22)20(24)16(2)25-19-8-6-17(21)7-9-19/h3-9,14,16H,10-13H2,1-2H3. The summed E-state index contributed by atoms with van der Waals surface area (Å²) in [5, 5.41) is 0. The fourth-order valence-electron chi connectivity index (χ4n) is 3.03. The molecule has 0 aromatic heterocycles. The Morgan fingerprint density at radius 2 is 1.76 bits per heavy atom. The molecule has 0 N–H and O–H groups in total. The molecular weight excluding hydrogens is 319 g/mol. The van der Waals surface area contributed by atoms with Crippen LogP contribution in [0.5, 0.6) is 5.75 Å². The van der Waals surface area contributed by atoms with Gasteiger partial charge in [-0.2, -0.15) is 0 Å². The van der Waals surface area contributed by atoms with Crippen LogP contribution in [0.1, 0.15) is 12.5 Å². The molecule has 5 heteroatoms. The first-order valence-electron chi connectivity index (χ1n) is 8.55. The van der Waals surface area contributed by atoms with E-state index in [9.17, 15) is 9.18 Å². The average molecular weight is 342 g/mol. The van der Waals surface area contributed by atoms with Crippen molar-refractivity contribution in [2.75, 3.05) is 31.1 Å². The topological polar surface area (TPSA) is 32.8 Å². The molecule has 2 aromatic rings. The summed E-state index contributed by atoms with van der Waals surface area (Å²) in [5.41, 5.74) is 2.43. The van der Waals surface area contributed by atoms with E-state index < -0.39 is 6.10 Å². The number of carbonyl (C=O) groups excluding carboxylic acids is 1. The van der Waals surface area contributed by atoms with Gasteiger partial charge in [-0.3, -0.25) is 4.79 Å². The SMILES string of the molecule is Cc1cccc(N2CCN(C(=O)C(C)Oc3ccc(F)cc3)CC2)c1. The number of amides is 1. The molecule has 3 rings (SSSR count). The predicted octanol–water partition coefficient (Wildman–Crippen LogP) is 3.25. The first kappa shape index (κ1) is 17.3. The van der Waals surface area contributed by atoms with Gasteiger partial charge >= 0.3 is 0 Å². The van der Waals surface area contributed by atoms with E-state index in [1.807, 2.05) is 4.90 Å². The maximum Gasteiger partial charge on any atom is 0.263 e. The summed E-state index contributed by atoms with van der Waals surface area (Å²) in [5.74, 6) is 0.146. The Balaban J connectivity index is 1.54. The number of benzene rings is 2. The largest absolute Gasteiger partial charge is 0.481 e. The van der Waals surface area contributed by atoms with Gasteiger partial charge in [-0.25, -0.2) is 4.39 Å². The van der Waals surface area contributed by atoms with Gasteiger partial charge in [0.05, 0.1) is 0 Å². The van der Waals surface area contributed by atoms with Crippen molar-refractivity contribution in [2.24, 2.45) is 0 Å². The molecule has 25 heavy (non-hydrogen) atoms. The molecule has 1 fully saturated rings. The quantitative estimate of drug-likeness (QED) is 0.855. The van der Waals surface area contributed by atoms with Crippen LogP contribution in [-0.4, -0.2) is 43.1 Å². The zero-order chi connectivity index (χ0) is 17.8. The Morgan fingerprint density at radius 1 is 1.08 bits per heavy atom. The highest BCUT2D eigenvalue weighted by atomic mass is 19.1. The number of hydrogen-bond acceptors (Lipinski definition) is 3. The highest BCUT2D eigenvalue weighted by Gasteiger charge is 2.26. The Bertz CT molecular complexity index is 725. The van der Waals surface area contributed by atoms with E-state index in [1.54, 1.807) is 6.92 Å². The molecule has 0 spiro atoms. The normalized spacial score (nSPS) is 15.8. The van der Waals surface area contributed by atoms with E-state index in [4.69, 9.17) is 4.74 Å². The van der Waals surface area contributed by atoms with Gasteiger partial charge in [0, 0.05) is 31.9 Å². The molecule has 4 nitrogen and oxygen atoms in total. The number of hydrogen-bond donors (Lipinski definition) is 0. The minimum absolute atomic E-state index is 0.0341. The molecule has 1 saturated heterocycles. The molecular formula is C20H23FN2O2. The number of rotatable bonds is 4. The van der Waals surface area contributed by atoms with Crippen molar-refractivity contribution in [3.63, 3.8) is 0 Å². The lowest BCUT2D eigenvalue weighted by Crippen LogP contribution is -2.52. The maximum atomic E-state index is 12.9. The van der Waals surface area contributed by atoms with Gasteiger partial charge in [0.25, 0.3) is 5.91 Å². The van der Waals surface area contributed by atoms with Crippen molar-refractivity contribution in [2.45, 2.75) is 20.0 Å². The summed E-state index contributed by atoms with van der Waals surface area (Å²) in [7, 11) is 0. The van der Waals surface area contributed by atoms with Crippen LogP contribution in [0.15, 0.2) is 48.5 Å². The molecule has 1 aliphatic rings. The van der Waals surface area contributed by atoms with Crippen molar-refractivity contribution in [3.8, 4) is 5.75 Å². The zero-order valence-electron chi connectivity index (χ0n) is 14.6. The monoisotopic (exact) mass is 342 g/mol. The second kappa shape index (κ2) is 7.55. The van der Waals surface area contributed by atoms with Crippen LogP contribution in [-0.2, 0) is 4.79 Å². The number of halogens is 1. The Morgan fingerprint density at radius 3 is 2.40 bits per heavy atom. The average Bonchev–Trinajstić information content (AvgIpc) is 2.63. The molecule has 0 radical (unpaired) electrons. The summed E-state index contributed by atoms with van der Waals surface area (Å²) in [6.45, 7) is 6.76. The van der Waals surface area contributed by atoms with E-state index in [-0.39, 0.29) is 11.7 Å². The molecule has 2 aromatic carbocycles. The van der Waals surface area contributed by atoms with Gasteiger partial charge in [-0.15, -0.1) is 0 Å². The molecule has 1 heterocycles. The second-order valence-corrected chi connectivity index (χ2v) is 6.37. The van der Waals surface area contributed by atoms with E-state index in [2.05, 4.69) is 36.1 Å². The first-order chi connectivity index (χ1) is 12.0. The smallest absolute Gasteiger partial charge is 0.263 e. The van der Waals surface area contributed by atoms with Gasteiger partial charge in [0.2, 0.25) is 0 Å². The number of carbonyl (C=O) groups is 1. The molecule has 0 aliphatic carbocycles. The van der Waals surface area contributed by atoms with E-state index in [0.29, 0.717) is 18.8 Å². The van der Waals surface area contributed by atoms with Crippen LogP contribution in [0.4, 0.5) is 10.1 Å². The summed E-state index contributed by atoms with van der Waals surface area (Å²) in [6.07, 6.45) is -0.587. The third-order valence-corrected chi connectivity index (χ3v) is 4.43. The maximum absolute atomic E-state index is 12.9. The number of nitrogens with zero attached hydrogens (tertiary/aromatic N) is 2. The van der Waals surface area contributed by atoms with Crippen molar-refractivity contribution in [1.82, 2.24) is 4.90 Å². The fourth-order valence-corrected chi connectivity index (χ4v) is 3.03. The highest BCUT2D eigenvalue weighted by molar-refractivity contribution is 5.81. The van der Waals surface area contributed by atoms with Gasteiger partial charge in [0.15, 0.2) is 6.10 Å². The number of aryl methyl sites for hydroxylation is 1. The summed E-state index contributed by atoms with van der Waals surface area (Å²) in [6, 6.07) is 14.1. The van der Waals surface area contributed by atoms with E-state index in [1.165, 1.54) is 35.5 Å². The molecule has 1 amide bonds. The van der Waals surface area contributed by atoms with Crippen LogP contribution in [0.2, 0.25) is 0 Å². The Hall–Kier alpha value is -2.56. The van der Waals surface area contributed by atoms with Crippen LogP contribution in [0, 0.1) is 12.7 Å². The minimum Gasteiger partial charge on any atom is -0.481 e. The molecule has 0 bridgehead atoms. The van der Waals surface area contributed by atoms with Gasteiger partial charge in [-0.05, 0) is 55.8 Å². The van der Waals surface area contributed by atoms with Crippen LogP contribution in [0.25, 0.3) is 0 Å². The highest BCUT2D eigenvalue weighted by Crippen LogP contribution is 2.19. The van der Waals surface area contributed by atoms with Crippen molar-refractivity contribution < 1.29 is 13.9 Å². The fraction of sp³-hybridized carbons (Fsp3) is 0.350. The van der Waals surface area contributed by atoms with Gasteiger partial charge < -0.3 is 14.5 Å². The lowest BCUT2D eigenvalue weighted by atomic mass is 10.2. The minimum atomic E-state index is -0.587. The number of ether oxygens (including phenoxy) is 1. The Labute approximate surface area is 147 Å². The lowest BCUT2D eigenvalue weighted by Gasteiger charge is -2.37. The number of anilines is 1. The third kappa shape index (κ3) is 4.29. The molecule has 1 unspecified atom stereocenters. The van der Waals surface area contributed by atoms with Crippen LogP contribution >= 0.6 is 0 Å². The Kier molecular flexibility index (Phi) is 5.22. The van der Waals surface area contributed by atoms with Crippen molar-refractivity contribution in [3.05, 3.63) is 59.9 Å². The summed E-state index contributed by atoms with van der Waals surface area (Å²) < 4.78 is 18.6. The van der Waals surface area contributed by atoms with Crippen LogP contribution in [0.3, 0.4) is 0 Å². The molecule has 0 saturated carbocycles. The number of piperazine rings is 1. The van der Waals surface area contributed by atoms with E-state index in [0.717, 1.165) is 13.1 Å². The molecule has 132 valence electrons. The summed E-state index contributed by atoms with van der Waals surface area (Å²) >= 11 is 0. The molecule has 1 atom stereocenters. The first-order valence-corrected chi connectivity index (χ1v) is 8.55. The third-order valence-electron chi connectivity index (χ3n) is 4.43. The molecule has 1 aliphatic heterocycles. The van der Waals surface area contributed by atoms with Crippen LogP contribution < -0.4 is 9.64 Å². The van der Waals surface area contributed by atoms with E-state index >= 15 is 0 Å². The van der Waals surface area contributed by atoms with Crippen molar-refractivity contribution in [1.29, 1.82) is 0 Å². The second-order valence-electron chi connectivity index (χ2n) is 6.37. The summed E-state index contributed by atoms with van der Waals surface area (Å²) in [4.78, 5) is 16.7. The van der Waals surface area contributed by atoms with Gasteiger partial charge in [-0.1, -0.05) is 12.1 Å². The lowest BCUT2D eigenvalue weighted by molar-refractivity contribution is -0.138. The van der Waals surface area contributed by atoms with Crippen molar-refractivity contribution >= 4 is 11.6 Å². The van der Waals surface area contributed by atoms with Gasteiger partial charge in [0.1, 0.15) is 11.6 Å². The predicted molar refractivity (Wildman–Crippen MR) is 96.5 cm³/mol.